The summed E-state index contributed by atoms with van der Waals surface area (Å²) in [5.74, 6) is -1.22. The maximum absolute atomic E-state index is 13.1. The van der Waals surface area contributed by atoms with Crippen molar-refractivity contribution in [1.29, 1.82) is 0 Å². The quantitative estimate of drug-likeness (QED) is 0.424. The Morgan fingerprint density at radius 2 is 1.94 bits per heavy atom. The van der Waals surface area contributed by atoms with E-state index in [0.717, 1.165) is 47.3 Å². The van der Waals surface area contributed by atoms with Crippen molar-refractivity contribution in [3.63, 3.8) is 0 Å². The number of benzene rings is 2. The Labute approximate surface area is 219 Å². The SMILES string of the molecule is CCCN1c2cc(Cl)c(/C=C3/SC(=O)N(CC(=O)Nc4ccc(F)cc4)C3=O)cc2C(C)CC1(C)C. The zero-order chi connectivity index (χ0) is 26.2. The Bertz CT molecular complexity index is 1250. The number of hydrogen-bond donors (Lipinski definition) is 1. The lowest BCUT2D eigenvalue weighted by atomic mass is 9.79. The van der Waals surface area contributed by atoms with Gasteiger partial charge in [0.15, 0.2) is 0 Å². The molecule has 0 spiro atoms. The molecule has 2 heterocycles. The number of amides is 3. The highest BCUT2D eigenvalue weighted by Gasteiger charge is 2.38. The monoisotopic (exact) mass is 529 g/mol. The van der Waals surface area contributed by atoms with Gasteiger partial charge in [-0.1, -0.05) is 25.4 Å². The number of carbonyl (C=O) groups is 3. The highest BCUT2D eigenvalue weighted by Crippen LogP contribution is 2.46. The first-order valence-electron chi connectivity index (χ1n) is 11.9. The minimum absolute atomic E-state index is 0.00438. The molecule has 1 saturated heterocycles. The summed E-state index contributed by atoms with van der Waals surface area (Å²) >= 11 is 7.45. The van der Waals surface area contributed by atoms with E-state index in [1.807, 2.05) is 12.1 Å². The fraction of sp³-hybridized carbons (Fsp3) is 0.370. The van der Waals surface area contributed by atoms with E-state index in [1.165, 1.54) is 24.3 Å². The summed E-state index contributed by atoms with van der Waals surface area (Å²) in [7, 11) is 0. The fourth-order valence-corrected chi connectivity index (χ4v) is 5.97. The van der Waals surface area contributed by atoms with Crippen LogP contribution < -0.4 is 10.2 Å². The van der Waals surface area contributed by atoms with Crippen molar-refractivity contribution >= 4 is 57.9 Å². The van der Waals surface area contributed by atoms with Crippen LogP contribution >= 0.6 is 23.4 Å². The summed E-state index contributed by atoms with van der Waals surface area (Å²) in [6, 6.07) is 9.20. The third kappa shape index (κ3) is 5.30. The first-order valence-corrected chi connectivity index (χ1v) is 13.1. The Balaban J connectivity index is 1.55. The van der Waals surface area contributed by atoms with Gasteiger partial charge in [0, 0.05) is 28.5 Å². The van der Waals surface area contributed by atoms with E-state index in [4.69, 9.17) is 11.6 Å². The van der Waals surface area contributed by atoms with E-state index in [-0.39, 0.29) is 10.4 Å². The standard InChI is InChI=1S/C27H29ClFN3O3S/c1-5-10-32-22-13-21(28)17(11-20(22)16(2)14-27(32,3)4)12-23-25(34)31(26(35)36-23)15-24(33)30-19-8-6-18(29)7-9-19/h6-9,11-13,16H,5,10,14-15H2,1-4H3,(H,30,33)/b23-12+. The summed E-state index contributed by atoms with van der Waals surface area (Å²) in [4.78, 5) is 41.4. The lowest BCUT2D eigenvalue weighted by Crippen LogP contribution is -2.48. The van der Waals surface area contributed by atoms with Crippen LogP contribution in [0.2, 0.25) is 5.02 Å². The molecule has 1 N–H and O–H groups in total. The molecule has 2 aromatic rings. The van der Waals surface area contributed by atoms with E-state index in [1.54, 1.807) is 6.08 Å². The zero-order valence-corrected chi connectivity index (χ0v) is 22.3. The van der Waals surface area contributed by atoms with Crippen LogP contribution in [0.15, 0.2) is 41.3 Å². The molecule has 190 valence electrons. The normalized spacial score (nSPS) is 20.2. The number of halogens is 2. The second kappa shape index (κ2) is 10.3. The lowest BCUT2D eigenvalue weighted by molar-refractivity contribution is -0.127. The van der Waals surface area contributed by atoms with Crippen LogP contribution in [0.25, 0.3) is 6.08 Å². The number of imide groups is 1. The molecule has 4 rings (SSSR count). The Hall–Kier alpha value is -2.84. The highest BCUT2D eigenvalue weighted by molar-refractivity contribution is 8.18. The molecule has 1 unspecified atom stereocenters. The van der Waals surface area contributed by atoms with Crippen molar-refractivity contribution in [3.8, 4) is 0 Å². The predicted molar refractivity (Wildman–Crippen MR) is 144 cm³/mol. The van der Waals surface area contributed by atoms with Gasteiger partial charge in [0.05, 0.1) is 4.91 Å². The van der Waals surface area contributed by atoms with E-state index in [9.17, 15) is 18.8 Å². The number of anilines is 2. The third-order valence-electron chi connectivity index (χ3n) is 6.54. The second-order valence-electron chi connectivity index (χ2n) is 9.82. The van der Waals surface area contributed by atoms with Crippen LogP contribution in [0.4, 0.5) is 20.6 Å². The molecule has 1 fully saturated rings. The second-order valence-corrected chi connectivity index (χ2v) is 11.2. The van der Waals surface area contributed by atoms with Gasteiger partial charge in [-0.05, 0) is 98.0 Å². The van der Waals surface area contributed by atoms with Gasteiger partial charge in [-0.15, -0.1) is 0 Å². The number of thioether (sulfide) groups is 1. The highest BCUT2D eigenvalue weighted by atomic mass is 35.5. The molecule has 6 nitrogen and oxygen atoms in total. The van der Waals surface area contributed by atoms with Gasteiger partial charge in [0.25, 0.3) is 11.1 Å². The van der Waals surface area contributed by atoms with Gasteiger partial charge in [-0.2, -0.15) is 0 Å². The molecule has 2 aliphatic heterocycles. The predicted octanol–water partition coefficient (Wildman–Crippen LogP) is 6.66. The maximum atomic E-state index is 13.1. The van der Waals surface area contributed by atoms with E-state index in [2.05, 4.69) is 37.9 Å². The van der Waals surface area contributed by atoms with Crippen molar-refractivity contribution in [1.82, 2.24) is 4.90 Å². The van der Waals surface area contributed by atoms with Crippen molar-refractivity contribution in [3.05, 3.63) is 63.3 Å². The van der Waals surface area contributed by atoms with Crippen molar-refractivity contribution in [2.24, 2.45) is 0 Å². The molecule has 2 aliphatic rings. The molecule has 36 heavy (non-hydrogen) atoms. The smallest absolute Gasteiger partial charge is 0.294 e. The zero-order valence-electron chi connectivity index (χ0n) is 20.7. The first kappa shape index (κ1) is 26.2. The summed E-state index contributed by atoms with van der Waals surface area (Å²) < 4.78 is 13.1. The van der Waals surface area contributed by atoms with Crippen molar-refractivity contribution in [2.45, 2.75) is 52.0 Å². The topological polar surface area (TPSA) is 69.7 Å². The van der Waals surface area contributed by atoms with Crippen LogP contribution in [0.5, 0.6) is 0 Å². The van der Waals surface area contributed by atoms with E-state index in [0.29, 0.717) is 22.2 Å². The third-order valence-corrected chi connectivity index (χ3v) is 7.78. The Kier molecular flexibility index (Phi) is 7.48. The molecule has 9 heteroatoms. The van der Waals surface area contributed by atoms with Gasteiger partial charge in [0.2, 0.25) is 5.91 Å². The van der Waals surface area contributed by atoms with Gasteiger partial charge in [-0.3, -0.25) is 19.3 Å². The fourth-order valence-electron chi connectivity index (χ4n) is 4.93. The molecule has 3 amide bonds. The van der Waals surface area contributed by atoms with Crippen molar-refractivity contribution in [2.75, 3.05) is 23.3 Å². The van der Waals surface area contributed by atoms with Crippen LogP contribution in [0.1, 0.15) is 57.6 Å². The molecule has 0 saturated carbocycles. The maximum Gasteiger partial charge on any atom is 0.294 e. The average molecular weight is 530 g/mol. The summed E-state index contributed by atoms with van der Waals surface area (Å²) in [5.41, 5.74) is 3.31. The van der Waals surface area contributed by atoms with Crippen LogP contribution in [-0.4, -0.2) is 40.6 Å². The molecule has 0 bridgehead atoms. The molecule has 0 aliphatic carbocycles. The van der Waals surface area contributed by atoms with E-state index < -0.39 is 29.4 Å². The number of nitrogens with zero attached hydrogens (tertiary/aromatic N) is 2. The average Bonchev–Trinajstić information content (AvgIpc) is 3.06. The minimum atomic E-state index is -0.551. The molecular weight excluding hydrogens is 501 g/mol. The number of rotatable bonds is 6. The van der Waals surface area contributed by atoms with Crippen LogP contribution in [-0.2, 0) is 9.59 Å². The largest absolute Gasteiger partial charge is 0.366 e. The first-order chi connectivity index (χ1) is 17.0. The number of fused-ring (bicyclic) bond motifs is 1. The Morgan fingerprint density at radius 3 is 2.61 bits per heavy atom. The summed E-state index contributed by atoms with van der Waals surface area (Å²) in [5, 5.41) is 2.54. The number of hydrogen-bond acceptors (Lipinski definition) is 5. The number of carbonyl (C=O) groups excluding carboxylic acids is 3. The summed E-state index contributed by atoms with van der Waals surface area (Å²) in [6.07, 6.45) is 3.63. The van der Waals surface area contributed by atoms with Gasteiger partial charge in [-0.25, -0.2) is 4.39 Å². The van der Waals surface area contributed by atoms with Crippen LogP contribution in [0.3, 0.4) is 0 Å². The van der Waals surface area contributed by atoms with Gasteiger partial charge >= 0.3 is 0 Å². The molecule has 1 atom stereocenters. The molecule has 0 aromatic heterocycles. The van der Waals surface area contributed by atoms with Crippen molar-refractivity contribution < 1.29 is 18.8 Å². The van der Waals surface area contributed by atoms with Gasteiger partial charge < -0.3 is 10.2 Å². The van der Waals surface area contributed by atoms with E-state index >= 15 is 0 Å². The molecular formula is C27H29ClFN3O3S. The summed E-state index contributed by atoms with van der Waals surface area (Å²) in [6.45, 7) is 9.31. The lowest BCUT2D eigenvalue weighted by Gasteiger charge is -2.47. The molecule has 2 aromatic carbocycles. The Morgan fingerprint density at radius 1 is 1.25 bits per heavy atom. The minimum Gasteiger partial charge on any atom is -0.366 e. The number of nitrogens with one attached hydrogen (secondary N) is 1. The van der Waals surface area contributed by atoms with Crippen LogP contribution in [0, 0.1) is 5.82 Å². The molecule has 0 radical (unpaired) electrons. The van der Waals surface area contributed by atoms with Gasteiger partial charge in [0.1, 0.15) is 12.4 Å².